The van der Waals surface area contributed by atoms with Crippen molar-refractivity contribution in [3.05, 3.63) is 12.7 Å². The molecule has 0 radical (unpaired) electrons. The Hall–Kier alpha value is -0.920. The molecule has 0 spiro atoms. The zero-order valence-corrected chi connectivity index (χ0v) is 5.02. The van der Waals surface area contributed by atoms with Crippen LogP contribution in [0.25, 0.3) is 0 Å². The van der Waals surface area contributed by atoms with Crippen LogP contribution in [0.3, 0.4) is 0 Å². The van der Waals surface area contributed by atoms with Crippen LogP contribution in [0.1, 0.15) is 6.42 Å². The van der Waals surface area contributed by atoms with Gasteiger partial charge in [0, 0.05) is 0 Å². The van der Waals surface area contributed by atoms with Gasteiger partial charge in [-0.15, -0.1) is 0 Å². The Kier molecular flexibility index (Phi) is 1.78. The number of hydrogen-bond acceptors (Lipinski definition) is 2. The van der Waals surface area contributed by atoms with Crippen LogP contribution >= 0.6 is 0 Å². The minimum atomic E-state index is -0.185. The zero-order chi connectivity index (χ0) is 6.69. The largest absolute Gasteiger partial charge is 0.343 e. The molecular formula is C6H8NO2+. The zero-order valence-electron chi connectivity index (χ0n) is 5.02. The van der Waals surface area contributed by atoms with Crippen LogP contribution in [0.4, 0.5) is 0 Å². The van der Waals surface area contributed by atoms with Gasteiger partial charge in [0.2, 0.25) is 18.4 Å². The Labute approximate surface area is 53.7 Å². The molecule has 1 aliphatic heterocycles. The van der Waals surface area contributed by atoms with Gasteiger partial charge < -0.3 is 10.1 Å². The van der Waals surface area contributed by atoms with Gasteiger partial charge >= 0.3 is 0 Å². The first-order valence-electron chi connectivity index (χ1n) is 2.74. The molecule has 0 aromatic carbocycles. The van der Waals surface area contributed by atoms with Crippen LogP contribution in [0, 0.1) is 6.08 Å². The first-order valence-corrected chi connectivity index (χ1v) is 2.74. The molecule has 1 atom stereocenters. The van der Waals surface area contributed by atoms with Crippen LogP contribution in [0.2, 0.25) is 0 Å². The van der Waals surface area contributed by atoms with E-state index in [2.05, 4.69) is 18.0 Å². The van der Waals surface area contributed by atoms with E-state index in [1.807, 2.05) is 0 Å². The molecule has 0 aromatic heterocycles. The third kappa shape index (κ3) is 1.49. The van der Waals surface area contributed by atoms with Crippen LogP contribution in [-0.4, -0.2) is 18.7 Å². The second-order valence-corrected chi connectivity index (χ2v) is 1.82. The first-order chi connectivity index (χ1) is 4.33. The third-order valence-electron chi connectivity index (χ3n) is 1.07. The van der Waals surface area contributed by atoms with E-state index in [1.54, 1.807) is 0 Å². The van der Waals surface area contributed by atoms with E-state index in [-0.39, 0.29) is 18.7 Å². The fraction of sp³-hybridized carbons (Fsp3) is 0.500. The molecule has 0 aromatic rings. The lowest BCUT2D eigenvalue weighted by atomic mass is 10.4. The molecular weight excluding hydrogens is 118 g/mol. The summed E-state index contributed by atoms with van der Waals surface area (Å²) in [5, 5.41) is 2.59. The summed E-state index contributed by atoms with van der Waals surface area (Å²) in [6, 6.07) is 0. The number of nitrogens with one attached hydrogen (secondary N) is 1. The minimum Gasteiger partial charge on any atom is -0.343 e. The molecule has 0 aliphatic carbocycles. The number of hydrogen-bond donors (Lipinski definition) is 1. The number of rotatable bonds is 2. The summed E-state index contributed by atoms with van der Waals surface area (Å²) in [5.74, 6) is -0.0600. The van der Waals surface area contributed by atoms with Crippen molar-refractivity contribution in [1.29, 1.82) is 0 Å². The van der Waals surface area contributed by atoms with Crippen molar-refractivity contribution in [3.63, 3.8) is 0 Å². The topological polar surface area (TPSA) is 38.3 Å². The summed E-state index contributed by atoms with van der Waals surface area (Å²) in [4.78, 5) is 10.4. The molecule has 3 nitrogen and oxygen atoms in total. The number of ether oxygens (including phenoxy) is 1. The maximum absolute atomic E-state index is 10.4. The Morgan fingerprint density at radius 3 is 3.22 bits per heavy atom. The van der Waals surface area contributed by atoms with Crippen molar-refractivity contribution < 1.29 is 9.53 Å². The molecule has 9 heavy (non-hydrogen) atoms. The molecule has 1 amide bonds. The van der Waals surface area contributed by atoms with E-state index < -0.39 is 0 Å². The SMILES string of the molecule is C=[C+]CC1NC(=O)CO1. The summed E-state index contributed by atoms with van der Waals surface area (Å²) >= 11 is 0. The molecule has 1 unspecified atom stereocenters. The second kappa shape index (κ2) is 2.58. The lowest BCUT2D eigenvalue weighted by Crippen LogP contribution is -2.25. The Morgan fingerprint density at radius 2 is 2.78 bits per heavy atom. The van der Waals surface area contributed by atoms with Crippen molar-refractivity contribution in [2.75, 3.05) is 6.61 Å². The van der Waals surface area contributed by atoms with Gasteiger partial charge in [-0.1, -0.05) is 0 Å². The first kappa shape index (κ1) is 6.20. The van der Waals surface area contributed by atoms with E-state index in [4.69, 9.17) is 4.74 Å². The summed E-state index contributed by atoms with van der Waals surface area (Å²) < 4.78 is 4.94. The van der Waals surface area contributed by atoms with Crippen molar-refractivity contribution in [2.45, 2.75) is 12.6 Å². The molecule has 1 N–H and O–H groups in total. The van der Waals surface area contributed by atoms with Crippen LogP contribution in [0.15, 0.2) is 6.58 Å². The molecule has 0 saturated carbocycles. The number of carbonyl (C=O) groups excluding carboxylic acids is 1. The van der Waals surface area contributed by atoms with E-state index >= 15 is 0 Å². The fourth-order valence-electron chi connectivity index (χ4n) is 0.680. The van der Waals surface area contributed by atoms with E-state index in [0.717, 1.165) is 0 Å². The third-order valence-corrected chi connectivity index (χ3v) is 1.07. The van der Waals surface area contributed by atoms with E-state index in [9.17, 15) is 4.79 Å². The Morgan fingerprint density at radius 1 is 2.00 bits per heavy atom. The van der Waals surface area contributed by atoms with Crippen LogP contribution < -0.4 is 5.32 Å². The van der Waals surface area contributed by atoms with Crippen molar-refractivity contribution in [1.82, 2.24) is 5.32 Å². The quantitative estimate of drug-likeness (QED) is 0.522. The van der Waals surface area contributed by atoms with Gasteiger partial charge in [0.1, 0.15) is 13.2 Å². The molecule has 1 aliphatic rings. The minimum absolute atomic E-state index is 0.0600. The van der Waals surface area contributed by atoms with E-state index in [1.165, 1.54) is 0 Å². The molecule has 3 heteroatoms. The molecule has 0 bridgehead atoms. The highest BCUT2D eigenvalue weighted by Crippen LogP contribution is 2.00. The fourth-order valence-corrected chi connectivity index (χ4v) is 0.680. The standard InChI is InChI=1S/C6H7NO2/c1-2-3-6-7-5(8)4-9-6/h6H,1,3-4H2/p+1. The predicted molar refractivity (Wildman–Crippen MR) is 31.4 cm³/mol. The molecule has 1 heterocycles. The summed E-state index contributed by atoms with van der Waals surface area (Å²) in [6.07, 6.45) is 3.02. The molecule has 1 fully saturated rings. The van der Waals surface area contributed by atoms with Crippen molar-refractivity contribution in [3.8, 4) is 0 Å². The van der Waals surface area contributed by atoms with Crippen LogP contribution in [0.5, 0.6) is 0 Å². The highest BCUT2D eigenvalue weighted by Gasteiger charge is 2.23. The average molecular weight is 126 g/mol. The van der Waals surface area contributed by atoms with Gasteiger partial charge in [0.25, 0.3) is 0 Å². The van der Waals surface area contributed by atoms with Gasteiger partial charge in [-0.3, -0.25) is 4.79 Å². The van der Waals surface area contributed by atoms with Gasteiger partial charge in [-0.05, 0) is 0 Å². The summed E-state index contributed by atoms with van der Waals surface area (Å²) in [6.45, 7) is 3.57. The Bertz CT molecular complexity index is 133. The monoisotopic (exact) mass is 126 g/mol. The van der Waals surface area contributed by atoms with Gasteiger partial charge in [0.05, 0.1) is 0 Å². The Balaban J connectivity index is 2.29. The maximum Gasteiger partial charge on any atom is 0.248 e. The van der Waals surface area contributed by atoms with Gasteiger partial charge in [-0.25, -0.2) is 0 Å². The van der Waals surface area contributed by atoms with Crippen LogP contribution in [-0.2, 0) is 9.53 Å². The maximum atomic E-state index is 10.4. The highest BCUT2D eigenvalue weighted by molar-refractivity contribution is 5.78. The molecule has 48 valence electrons. The normalized spacial score (nSPS) is 25.3. The highest BCUT2D eigenvalue weighted by atomic mass is 16.5. The summed E-state index contributed by atoms with van der Waals surface area (Å²) in [7, 11) is 0. The molecule has 1 saturated heterocycles. The smallest absolute Gasteiger partial charge is 0.248 e. The van der Waals surface area contributed by atoms with Gasteiger partial charge in [0.15, 0.2) is 6.23 Å². The lowest BCUT2D eigenvalue weighted by molar-refractivity contribution is -0.119. The molecule has 1 rings (SSSR count). The van der Waals surface area contributed by atoms with E-state index in [0.29, 0.717) is 6.42 Å². The lowest BCUT2D eigenvalue weighted by Gasteiger charge is -1.96. The summed E-state index contributed by atoms with van der Waals surface area (Å²) in [5.41, 5.74) is 0. The van der Waals surface area contributed by atoms with Crippen molar-refractivity contribution >= 4 is 5.91 Å². The second-order valence-electron chi connectivity index (χ2n) is 1.82. The van der Waals surface area contributed by atoms with Crippen molar-refractivity contribution in [2.24, 2.45) is 0 Å². The average Bonchev–Trinajstić information content (AvgIpc) is 2.17. The number of carbonyl (C=O) groups is 1. The number of amides is 1. The van der Waals surface area contributed by atoms with Gasteiger partial charge in [-0.2, -0.15) is 0 Å². The predicted octanol–water partition coefficient (Wildman–Crippen LogP) is -0.162.